The first-order valence-electron chi connectivity index (χ1n) is 2.02. The highest BCUT2D eigenvalue weighted by Gasteiger charge is 2.06. The maximum Gasteiger partial charge on any atom is 0.426 e. The molecular weight excluding hydrogens is 238 g/mol. The van der Waals surface area contributed by atoms with Crippen molar-refractivity contribution in [1.29, 1.82) is 10.5 Å². The van der Waals surface area contributed by atoms with E-state index in [1.54, 1.807) is 0 Å². The lowest BCUT2D eigenvalue weighted by atomic mass is 11.8. The summed E-state index contributed by atoms with van der Waals surface area (Å²) in [5, 5.41) is 14.7. The van der Waals surface area contributed by atoms with Crippen LogP contribution in [0.1, 0.15) is 0 Å². The van der Waals surface area contributed by atoms with E-state index in [4.69, 9.17) is 34.7 Å². The summed E-state index contributed by atoms with van der Waals surface area (Å²) >= 11 is 0. The van der Waals surface area contributed by atoms with Gasteiger partial charge in [-0.2, -0.15) is 10.5 Å². The lowest BCUT2D eigenvalue weighted by molar-refractivity contribution is -0.307. The standard InChI is InChI=1S/2CH2NO3P.2H3N/c2*2-1-6(3,4)5;;/h2*(H2,3,4,5);2*1H3. The van der Waals surface area contributed by atoms with Gasteiger partial charge < -0.3 is 36.4 Å². The molecule has 12 heteroatoms. The largest absolute Gasteiger partial charge is 0.800 e. The Balaban J connectivity index is -0.0000000625. The topological polar surface area (TPSA) is 241 Å². The van der Waals surface area contributed by atoms with Gasteiger partial charge in [0.25, 0.3) is 0 Å². The van der Waals surface area contributed by atoms with Gasteiger partial charge in [-0.1, -0.05) is 0 Å². The molecule has 0 amide bonds. The normalized spacial score (nSPS) is 8.71. The molecule has 0 aliphatic carbocycles. The first-order chi connectivity index (χ1) is 5.12. The summed E-state index contributed by atoms with van der Waals surface area (Å²) in [6, 6.07) is 0. The van der Waals surface area contributed by atoms with Gasteiger partial charge in [0.2, 0.25) is 0 Å². The minimum Gasteiger partial charge on any atom is -0.800 e. The van der Waals surface area contributed by atoms with Gasteiger partial charge in [-0.25, -0.2) is 4.57 Å². The summed E-state index contributed by atoms with van der Waals surface area (Å²) in [7, 11) is -9.18. The number of nitriles is 2. The van der Waals surface area contributed by atoms with Gasteiger partial charge in [0, 0.05) is 7.60 Å². The first kappa shape index (κ1) is 23.2. The Hall–Kier alpha value is -0.800. The van der Waals surface area contributed by atoms with E-state index in [1.165, 1.54) is 0 Å². The minimum atomic E-state index is -4.84. The molecule has 84 valence electrons. The Morgan fingerprint density at radius 2 is 1.14 bits per heavy atom. The zero-order valence-electron chi connectivity index (χ0n) is 7.32. The van der Waals surface area contributed by atoms with Crippen molar-refractivity contribution >= 4 is 15.2 Å². The number of rotatable bonds is 0. The fourth-order valence-corrected chi connectivity index (χ4v) is 0. The van der Waals surface area contributed by atoms with Gasteiger partial charge in [-0.3, -0.25) is 0 Å². The maximum absolute atomic E-state index is 9.33. The molecule has 14 heavy (non-hydrogen) atoms. The SMILES string of the molecule is N#CP(=O)(O)O.N#CP(=O)([O-])[O-].[NH4+].[NH4+]. The second-order valence-electron chi connectivity index (χ2n) is 1.24. The van der Waals surface area contributed by atoms with Crippen molar-refractivity contribution in [1.82, 2.24) is 12.3 Å². The van der Waals surface area contributed by atoms with E-state index in [0.717, 1.165) is 5.81 Å². The van der Waals surface area contributed by atoms with Crippen LogP contribution in [0.5, 0.6) is 0 Å². The summed E-state index contributed by atoms with van der Waals surface area (Å²) in [6.45, 7) is 0. The molecule has 0 saturated carbocycles. The van der Waals surface area contributed by atoms with Gasteiger partial charge in [-0.15, -0.1) is 0 Å². The highest BCUT2D eigenvalue weighted by molar-refractivity contribution is 7.57. The molecule has 0 aromatic heterocycles. The summed E-state index contributed by atoms with van der Waals surface area (Å²) in [5.74, 6) is 1.32. The monoisotopic (exact) mass is 248 g/mol. The van der Waals surface area contributed by atoms with Crippen molar-refractivity contribution in [2.24, 2.45) is 0 Å². The van der Waals surface area contributed by atoms with Crippen LogP contribution in [0.3, 0.4) is 0 Å². The second kappa shape index (κ2) is 8.78. The molecule has 0 aromatic carbocycles. The first-order valence-corrected chi connectivity index (χ1v) is 5.18. The minimum absolute atomic E-state index is 0. The molecule has 0 aromatic rings. The summed E-state index contributed by atoms with van der Waals surface area (Å²) in [4.78, 5) is 33.4. The van der Waals surface area contributed by atoms with Gasteiger partial charge >= 0.3 is 7.60 Å². The van der Waals surface area contributed by atoms with E-state index in [2.05, 4.69) is 0 Å². The van der Waals surface area contributed by atoms with Gasteiger partial charge in [0.1, 0.15) is 0 Å². The Morgan fingerprint density at radius 3 is 1.14 bits per heavy atom. The molecule has 0 aliphatic rings. The van der Waals surface area contributed by atoms with E-state index >= 15 is 0 Å². The van der Waals surface area contributed by atoms with Crippen LogP contribution < -0.4 is 22.1 Å². The summed E-state index contributed by atoms with van der Waals surface area (Å²) in [5.41, 5.74) is 0. The van der Waals surface area contributed by atoms with Crippen molar-refractivity contribution in [3.8, 4) is 11.6 Å². The number of quaternary nitrogens is 2. The maximum atomic E-state index is 9.33. The molecule has 0 fully saturated rings. The molecule has 0 rings (SSSR count). The quantitative estimate of drug-likeness (QED) is 0.377. The average molecular weight is 248 g/mol. The van der Waals surface area contributed by atoms with Crippen LogP contribution in [0.4, 0.5) is 0 Å². The lowest BCUT2D eigenvalue weighted by Gasteiger charge is -2.17. The third-order valence-corrected chi connectivity index (χ3v) is 0.758. The number of hydrogen-bond acceptors (Lipinski definition) is 6. The summed E-state index contributed by atoms with van der Waals surface area (Å²) < 4.78 is 18.4. The molecule has 10 nitrogen and oxygen atoms in total. The predicted molar refractivity (Wildman–Crippen MR) is 42.8 cm³/mol. The smallest absolute Gasteiger partial charge is 0.426 e. The molecule has 0 saturated heterocycles. The number of hydrogen-bond donors (Lipinski definition) is 4. The van der Waals surface area contributed by atoms with Crippen molar-refractivity contribution < 1.29 is 28.7 Å². The Labute approximate surface area is 79.3 Å². The van der Waals surface area contributed by atoms with Crippen LogP contribution in [0, 0.1) is 22.1 Å². The van der Waals surface area contributed by atoms with Gasteiger partial charge in [0.15, 0.2) is 5.81 Å². The van der Waals surface area contributed by atoms with E-state index in [-0.39, 0.29) is 12.3 Å². The average Bonchev–Trinajstić information content (AvgIpc) is 1.86. The van der Waals surface area contributed by atoms with E-state index in [9.17, 15) is 4.57 Å². The zero-order chi connectivity index (χ0) is 10.4. The Bertz CT molecular complexity index is 271. The lowest BCUT2D eigenvalue weighted by Crippen LogP contribution is -2.10. The van der Waals surface area contributed by atoms with Gasteiger partial charge in [-0.05, 0) is 0 Å². The zero-order valence-corrected chi connectivity index (χ0v) is 9.11. The molecular formula is C2H10N4O6P2. The highest BCUT2D eigenvalue weighted by atomic mass is 31.2. The molecule has 0 aliphatic heterocycles. The van der Waals surface area contributed by atoms with Crippen LogP contribution in [0.2, 0.25) is 0 Å². The Morgan fingerprint density at radius 1 is 1.00 bits per heavy atom. The molecule has 0 spiro atoms. The number of nitrogens with zero attached hydrogens (tertiary/aromatic N) is 2. The van der Waals surface area contributed by atoms with Crippen molar-refractivity contribution in [2.45, 2.75) is 0 Å². The van der Waals surface area contributed by atoms with Crippen molar-refractivity contribution in [3.63, 3.8) is 0 Å². The van der Waals surface area contributed by atoms with E-state index in [0.29, 0.717) is 5.81 Å². The van der Waals surface area contributed by atoms with Crippen molar-refractivity contribution in [2.75, 3.05) is 0 Å². The van der Waals surface area contributed by atoms with Crippen LogP contribution >= 0.6 is 15.2 Å². The van der Waals surface area contributed by atoms with Crippen LogP contribution in [0.25, 0.3) is 0 Å². The third kappa shape index (κ3) is 43.1. The Kier molecular flexibility index (Phi) is 14.6. The van der Waals surface area contributed by atoms with Gasteiger partial charge in [0.05, 0.1) is 5.81 Å². The molecule has 10 N–H and O–H groups in total. The molecule has 0 atom stereocenters. The predicted octanol–water partition coefficient (Wildman–Crippen LogP) is -1.22. The van der Waals surface area contributed by atoms with Crippen molar-refractivity contribution in [3.05, 3.63) is 0 Å². The highest BCUT2D eigenvalue weighted by Crippen LogP contribution is 2.30. The fourth-order valence-electron chi connectivity index (χ4n) is 0. The molecule has 0 radical (unpaired) electrons. The fraction of sp³-hybridized carbons (Fsp3) is 0. The van der Waals surface area contributed by atoms with Crippen LogP contribution in [-0.4, -0.2) is 9.79 Å². The second-order valence-corrected chi connectivity index (χ2v) is 3.72. The molecule has 0 bridgehead atoms. The van der Waals surface area contributed by atoms with E-state index in [1.807, 2.05) is 0 Å². The van der Waals surface area contributed by atoms with E-state index < -0.39 is 15.2 Å². The molecule has 0 heterocycles. The van der Waals surface area contributed by atoms with Crippen LogP contribution in [-0.2, 0) is 9.13 Å². The molecule has 0 unspecified atom stereocenters. The third-order valence-electron chi connectivity index (χ3n) is 0.253. The summed E-state index contributed by atoms with van der Waals surface area (Å²) in [6.07, 6.45) is 0. The van der Waals surface area contributed by atoms with Crippen LogP contribution in [0.15, 0.2) is 0 Å².